The molecule has 0 aromatic carbocycles. The van der Waals surface area contributed by atoms with Crippen molar-refractivity contribution < 1.29 is 0 Å². The summed E-state index contributed by atoms with van der Waals surface area (Å²) in [5, 5.41) is 6.62. The number of nitrogens with zero attached hydrogens (tertiary/aromatic N) is 1. The van der Waals surface area contributed by atoms with Crippen LogP contribution >= 0.6 is 8.58 Å². The highest BCUT2D eigenvalue weighted by atomic mass is 31.1. The lowest BCUT2D eigenvalue weighted by atomic mass is 10.8. The minimum Gasteiger partial charge on any atom is -0.278 e. The standard InChI is InChI=1S/C4H7N2P/c1-7-4-2-3-5-6-4/h2-3,7H,1H3,(H,5,6). The fourth-order valence-corrected chi connectivity index (χ4v) is 0.813. The molecular weight excluding hydrogens is 107 g/mol. The molecule has 1 rings (SSSR count). The van der Waals surface area contributed by atoms with E-state index < -0.39 is 0 Å². The summed E-state index contributed by atoms with van der Waals surface area (Å²) in [5.74, 6) is 0. The Balaban J connectivity index is 2.76. The molecule has 0 spiro atoms. The van der Waals surface area contributed by atoms with Crippen molar-refractivity contribution in [3.63, 3.8) is 0 Å². The zero-order valence-electron chi connectivity index (χ0n) is 4.10. The van der Waals surface area contributed by atoms with Gasteiger partial charge in [0.1, 0.15) is 0 Å². The number of H-pyrrole nitrogens is 1. The van der Waals surface area contributed by atoms with Crippen molar-refractivity contribution in [1.82, 2.24) is 10.2 Å². The molecule has 0 bridgehead atoms. The van der Waals surface area contributed by atoms with Gasteiger partial charge in [0.2, 0.25) is 0 Å². The van der Waals surface area contributed by atoms with E-state index in [0.717, 1.165) is 8.58 Å². The second-order valence-electron chi connectivity index (χ2n) is 1.22. The average Bonchev–Trinajstić information content (AvgIpc) is 2.14. The fourth-order valence-electron chi connectivity index (χ4n) is 0.395. The summed E-state index contributed by atoms with van der Waals surface area (Å²) in [6.07, 6.45) is 1.77. The van der Waals surface area contributed by atoms with Crippen LogP contribution in [0.2, 0.25) is 0 Å². The number of hydrogen-bond donors (Lipinski definition) is 1. The van der Waals surface area contributed by atoms with Crippen molar-refractivity contribution in [2.45, 2.75) is 0 Å². The lowest BCUT2D eigenvalue weighted by Gasteiger charge is -1.80. The van der Waals surface area contributed by atoms with Gasteiger partial charge in [-0.15, -0.1) is 0 Å². The summed E-state index contributed by atoms with van der Waals surface area (Å²) < 4.78 is 0. The van der Waals surface area contributed by atoms with E-state index in [2.05, 4.69) is 16.9 Å². The Morgan fingerprint density at radius 3 is 3.00 bits per heavy atom. The van der Waals surface area contributed by atoms with Crippen molar-refractivity contribution in [1.29, 1.82) is 0 Å². The van der Waals surface area contributed by atoms with Crippen LogP contribution in [0.5, 0.6) is 0 Å². The molecule has 1 unspecified atom stereocenters. The third-order valence-corrected chi connectivity index (χ3v) is 1.59. The van der Waals surface area contributed by atoms with Crippen LogP contribution in [0.25, 0.3) is 0 Å². The Morgan fingerprint density at radius 2 is 2.71 bits per heavy atom. The second-order valence-corrected chi connectivity index (χ2v) is 2.26. The topological polar surface area (TPSA) is 28.7 Å². The molecule has 1 N–H and O–H groups in total. The van der Waals surface area contributed by atoms with E-state index in [0.29, 0.717) is 0 Å². The van der Waals surface area contributed by atoms with Gasteiger partial charge in [-0.25, -0.2) is 0 Å². The van der Waals surface area contributed by atoms with Gasteiger partial charge in [0.05, 0.1) is 5.44 Å². The van der Waals surface area contributed by atoms with Gasteiger partial charge in [-0.2, -0.15) is 5.10 Å². The maximum absolute atomic E-state index is 3.77. The highest BCUT2D eigenvalue weighted by Crippen LogP contribution is 1.96. The van der Waals surface area contributed by atoms with Gasteiger partial charge in [-0.3, -0.25) is 5.10 Å². The summed E-state index contributed by atoms with van der Waals surface area (Å²) in [4.78, 5) is 0. The first-order chi connectivity index (χ1) is 3.43. The van der Waals surface area contributed by atoms with Gasteiger partial charge in [-0.1, -0.05) is 8.58 Å². The first-order valence-corrected chi connectivity index (χ1v) is 3.60. The molecule has 1 heterocycles. The molecule has 1 atom stereocenters. The molecule has 0 radical (unpaired) electrons. The zero-order chi connectivity index (χ0) is 5.11. The minimum absolute atomic E-state index is 0.836. The normalized spacial score (nSPS) is 11.0. The van der Waals surface area contributed by atoms with Crippen molar-refractivity contribution >= 4 is 14.0 Å². The Labute approximate surface area is 44.1 Å². The molecule has 0 fully saturated rings. The SMILES string of the molecule is CPc1ccn[nH]1. The van der Waals surface area contributed by atoms with Crippen LogP contribution in [0, 0.1) is 0 Å². The van der Waals surface area contributed by atoms with E-state index in [1.807, 2.05) is 6.07 Å². The molecule has 0 aliphatic rings. The first-order valence-electron chi connectivity index (χ1n) is 2.10. The van der Waals surface area contributed by atoms with Crippen LogP contribution < -0.4 is 5.44 Å². The number of nitrogens with one attached hydrogen (secondary N) is 1. The predicted octanol–water partition coefficient (Wildman–Crippen LogP) is 0.343. The van der Waals surface area contributed by atoms with Gasteiger partial charge in [-0.05, 0) is 12.7 Å². The largest absolute Gasteiger partial charge is 0.278 e. The van der Waals surface area contributed by atoms with E-state index in [-0.39, 0.29) is 0 Å². The zero-order valence-corrected chi connectivity index (χ0v) is 5.10. The highest BCUT2D eigenvalue weighted by Gasteiger charge is 1.82. The quantitative estimate of drug-likeness (QED) is 0.524. The van der Waals surface area contributed by atoms with Crippen LogP contribution in [0.15, 0.2) is 12.3 Å². The molecule has 0 aliphatic heterocycles. The fraction of sp³-hybridized carbons (Fsp3) is 0.250. The molecule has 3 heteroatoms. The van der Waals surface area contributed by atoms with Gasteiger partial charge in [0.15, 0.2) is 0 Å². The molecule has 0 saturated carbocycles. The molecule has 2 nitrogen and oxygen atoms in total. The summed E-state index contributed by atoms with van der Waals surface area (Å²) in [7, 11) is 0.836. The van der Waals surface area contributed by atoms with E-state index >= 15 is 0 Å². The predicted molar refractivity (Wildman–Crippen MR) is 32.5 cm³/mol. The summed E-state index contributed by atoms with van der Waals surface area (Å²) in [6.45, 7) is 2.12. The molecule has 38 valence electrons. The summed E-state index contributed by atoms with van der Waals surface area (Å²) in [5.41, 5.74) is 1.22. The monoisotopic (exact) mass is 114 g/mol. The Morgan fingerprint density at radius 1 is 1.86 bits per heavy atom. The molecule has 0 amide bonds. The number of aromatic nitrogens is 2. The van der Waals surface area contributed by atoms with E-state index in [1.165, 1.54) is 5.44 Å². The number of rotatable bonds is 1. The van der Waals surface area contributed by atoms with E-state index in [9.17, 15) is 0 Å². The van der Waals surface area contributed by atoms with Crippen LogP contribution in [-0.2, 0) is 0 Å². The maximum Gasteiger partial charge on any atom is 0.0545 e. The molecule has 0 saturated heterocycles. The van der Waals surface area contributed by atoms with Crippen LogP contribution in [0.1, 0.15) is 0 Å². The van der Waals surface area contributed by atoms with Crippen molar-refractivity contribution in [3.8, 4) is 0 Å². The Hall–Kier alpha value is -0.360. The molecule has 1 aromatic rings. The molecule has 7 heavy (non-hydrogen) atoms. The van der Waals surface area contributed by atoms with Crippen molar-refractivity contribution in [2.75, 3.05) is 6.66 Å². The van der Waals surface area contributed by atoms with Gasteiger partial charge >= 0.3 is 0 Å². The average molecular weight is 114 g/mol. The van der Waals surface area contributed by atoms with Crippen molar-refractivity contribution in [2.24, 2.45) is 0 Å². The Bertz CT molecular complexity index is 124. The Kier molecular flexibility index (Phi) is 1.42. The second kappa shape index (κ2) is 2.08. The van der Waals surface area contributed by atoms with Crippen molar-refractivity contribution in [3.05, 3.63) is 12.3 Å². The lowest BCUT2D eigenvalue weighted by Crippen LogP contribution is -1.90. The summed E-state index contributed by atoms with van der Waals surface area (Å²) >= 11 is 0. The number of hydrogen-bond acceptors (Lipinski definition) is 1. The number of aromatic amines is 1. The molecule has 0 aliphatic carbocycles. The smallest absolute Gasteiger partial charge is 0.0545 e. The molecule has 1 aromatic heterocycles. The molecular formula is C4H7N2P. The van der Waals surface area contributed by atoms with Gasteiger partial charge in [0.25, 0.3) is 0 Å². The van der Waals surface area contributed by atoms with Gasteiger partial charge < -0.3 is 0 Å². The maximum atomic E-state index is 3.77. The lowest BCUT2D eigenvalue weighted by molar-refractivity contribution is 1.11. The minimum atomic E-state index is 0.836. The first kappa shape index (κ1) is 4.79. The van der Waals surface area contributed by atoms with Crippen LogP contribution in [0.3, 0.4) is 0 Å². The summed E-state index contributed by atoms with van der Waals surface area (Å²) in [6, 6.07) is 1.98. The van der Waals surface area contributed by atoms with Gasteiger partial charge in [0, 0.05) is 6.20 Å². The van der Waals surface area contributed by atoms with E-state index in [1.54, 1.807) is 6.20 Å². The third-order valence-electron chi connectivity index (χ3n) is 0.770. The van der Waals surface area contributed by atoms with Crippen LogP contribution in [-0.4, -0.2) is 16.9 Å². The highest BCUT2D eigenvalue weighted by molar-refractivity contribution is 7.45. The third kappa shape index (κ3) is 1.00. The van der Waals surface area contributed by atoms with E-state index in [4.69, 9.17) is 0 Å². The van der Waals surface area contributed by atoms with Crippen LogP contribution in [0.4, 0.5) is 0 Å².